The van der Waals surface area contributed by atoms with Gasteiger partial charge in [0.1, 0.15) is 24.8 Å². The van der Waals surface area contributed by atoms with Crippen molar-refractivity contribution in [1.29, 1.82) is 0 Å². The summed E-state index contributed by atoms with van der Waals surface area (Å²) in [5.74, 6) is -0.770. The number of aromatic nitrogens is 1. The van der Waals surface area contributed by atoms with Crippen LogP contribution in [0.15, 0.2) is 66.3 Å². The first kappa shape index (κ1) is 22.4. The number of nitrogens with zero attached hydrogens (tertiary/aromatic N) is 1. The van der Waals surface area contributed by atoms with Gasteiger partial charge in [-0.3, -0.25) is 9.78 Å². The van der Waals surface area contributed by atoms with Crippen molar-refractivity contribution in [1.82, 2.24) is 4.98 Å². The number of rotatable bonds is 8. The zero-order valence-corrected chi connectivity index (χ0v) is 18.1. The van der Waals surface area contributed by atoms with Crippen molar-refractivity contribution in [3.8, 4) is 5.75 Å². The van der Waals surface area contributed by atoms with Crippen LogP contribution in [-0.4, -0.2) is 35.2 Å². The Morgan fingerprint density at radius 2 is 1.94 bits per heavy atom. The molecule has 33 heavy (non-hydrogen) atoms. The number of esters is 1. The minimum Gasteiger partial charge on any atom is -0.489 e. The van der Waals surface area contributed by atoms with E-state index in [2.05, 4.69) is 10.3 Å². The topological polar surface area (TPSA) is 97.8 Å². The molecule has 2 aromatic carbocycles. The molecule has 0 fully saturated rings. The number of ether oxygens (including phenoxy) is 2. The number of pyridine rings is 1. The van der Waals surface area contributed by atoms with Gasteiger partial charge < -0.3 is 19.9 Å². The highest BCUT2D eigenvalue weighted by atomic mass is 32.1. The molecule has 0 atom stereocenters. The molecule has 9 heteroatoms. The third kappa shape index (κ3) is 5.33. The number of nitrogens with one attached hydrogen (secondary N) is 1. The first-order valence-corrected chi connectivity index (χ1v) is 10.8. The quantitative estimate of drug-likeness (QED) is 0.373. The molecule has 4 rings (SSSR count). The van der Waals surface area contributed by atoms with E-state index in [9.17, 15) is 14.0 Å². The number of carbonyl (C=O) groups is 2. The van der Waals surface area contributed by atoms with Gasteiger partial charge in [0.15, 0.2) is 0 Å². The van der Waals surface area contributed by atoms with Gasteiger partial charge in [-0.2, -0.15) is 0 Å². The molecule has 0 aliphatic carbocycles. The maximum absolute atomic E-state index is 13.1. The van der Waals surface area contributed by atoms with Crippen LogP contribution in [0.4, 0.5) is 10.1 Å². The van der Waals surface area contributed by atoms with E-state index in [1.165, 1.54) is 41.8 Å². The summed E-state index contributed by atoms with van der Waals surface area (Å²) >= 11 is 1.38. The predicted molar refractivity (Wildman–Crippen MR) is 122 cm³/mol. The number of amides is 1. The zero-order valence-electron chi connectivity index (χ0n) is 17.3. The average Bonchev–Trinajstić information content (AvgIpc) is 3.25. The molecule has 2 heterocycles. The minimum atomic E-state index is -0.541. The molecule has 0 saturated carbocycles. The smallest absolute Gasteiger partial charge is 0.341 e. The Hall–Kier alpha value is -3.82. The summed E-state index contributed by atoms with van der Waals surface area (Å²) in [7, 11) is 0. The van der Waals surface area contributed by atoms with Gasteiger partial charge in [0.25, 0.3) is 5.91 Å². The Balaban J connectivity index is 1.45. The number of carbonyl (C=O) groups excluding carboxylic acids is 2. The van der Waals surface area contributed by atoms with Crippen LogP contribution in [0.5, 0.6) is 5.75 Å². The largest absolute Gasteiger partial charge is 0.489 e. The second kappa shape index (κ2) is 10.2. The average molecular weight is 466 g/mol. The standard InChI is InChI=1S/C24H19FN2O5S/c25-17-6-4-15(5-7-17)23(29)27-18-2-1-3-19(10-18)32-13-16-14-33-22-20(16)11-26-12-21(22)24(30)31-9-8-28/h1-7,10-12,14,28H,8-9,13H2,(H,27,29). The van der Waals surface area contributed by atoms with Crippen molar-refractivity contribution >= 4 is 39.0 Å². The fourth-order valence-corrected chi connectivity index (χ4v) is 4.13. The van der Waals surface area contributed by atoms with Crippen molar-refractivity contribution in [3.05, 3.63) is 88.8 Å². The third-order valence-electron chi connectivity index (χ3n) is 4.70. The van der Waals surface area contributed by atoms with Gasteiger partial charge in [-0.05, 0) is 41.8 Å². The van der Waals surface area contributed by atoms with Gasteiger partial charge in [-0.1, -0.05) is 6.07 Å². The highest BCUT2D eigenvalue weighted by molar-refractivity contribution is 7.17. The first-order chi connectivity index (χ1) is 16.0. The van der Waals surface area contributed by atoms with Crippen LogP contribution in [0, 0.1) is 5.82 Å². The van der Waals surface area contributed by atoms with E-state index >= 15 is 0 Å². The molecule has 7 nitrogen and oxygen atoms in total. The summed E-state index contributed by atoms with van der Waals surface area (Å²) in [6, 6.07) is 12.2. The van der Waals surface area contributed by atoms with Crippen LogP contribution in [0.2, 0.25) is 0 Å². The molecule has 2 N–H and O–H groups in total. The van der Waals surface area contributed by atoms with Gasteiger partial charge in [0.2, 0.25) is 0 Å². The first-order valence-electron chi connectivity index (χ1n) is 9.97. The molecule has 0 aliphatic heterocycles. The van der Waals surface area contributed by atoms with Crippen molar-refractivity contribution in [2.24, 2.45) is 0 Å². The number of fused-ring (bicyclic) bond motifs is 1. The summed E-state index contributed by atoms with van der Waals surface area (Å²) in [6.07, 6.45) is 3.10. The Morgan fingerprint density at radius 3 is 2.73 bits per heavy atom. The molecular weight excluding hydrogens is 447 g/mol. The minimum absolute atomic E-state index is 0.0788. The van der Waals surface area contributed by atoms with Gasteiger partial charge in [0, 0.05) is 40.7 Å². The van der Waals surface area contributed by atoms with Crippen LogP contribution >= 0.6 is 11.3 Å². The number of aliphatic hydroxyl groups is 1. The number of benzene rings is 2. The highest BCUT2D eigenvalue weighted by Gasteiger charge is 2.16. The molecule has 0 radical (unpaired) electrons. The molecular formula is C24H19FN2O5S. The van der Waals surface area contributed by atoms with Crippen LogP contribution in [0.3, 0.4) is 0 Å². The lowest BCUT2D eigenvalue weighted by Gasteiger charge is -2.09. The van der Waals surface area contributed by atoms with E-state index in [0.717, 1.165) is 15.6 Å². The maximum atomic E-state index is 13.1. The van der Waals surface area contributed by atoms with Gasteiger partial charge in [-0.15, -0.1) is 11.3 Å². The number of anilines is 1. The number of thiophene rings is 1. The Bertz CT molecular complexity index is 1290. The van der Waals surface area contributed by atoms with E-state index in [-0.39, 0.29) is 25.7 Å². The highest BCUT2D eigenvalue weighted by Crippen LogP contribution is 2.30. The van der Waals surface area contributed by atoms with E-state index < -0.39 is 11.8 Å². The van der Waals surface area contributed by atoms with E-state index in [1.807, 2.05) is 5.38 Å². The van der Waals surface area contributed by atoms with Crippen LogP contribution in [0.25, 0.3) is 10.1 Å². The van der Waals surface area contributed by atoms with Crippen LogP contribution in [0.1, 0.15) is 26.3 Å². The molecule has 2 aromatic heterocycles. The van der Waals surface area contributed by atoms with Gasteiger partial charge >= 0.3 is 5.97 Å². The van der Waals surface area contributed by atoms with Crippen molar-refractivity contribution < 1.29 is 28.6 Å². The van der Waals surface area contributed by atoms with Crippen LogP contribution < -0.4 is 10.1 Å². The maximum Gasteiger partial charge on any atom is 0.341 e. The van der Waals surface area contributed by atoms with Crippen molar-refractivity contribution in [3.63, 3.8) is 0 Å². The molecule has 0 bridgehead atoms. The monoisotopic (exact) mass is 466 g/mol. The molecule has 1 amide bonds. The molecule has 168 valence electrons. The number of aliphatic hydroxyl groups excluding tert-OH is 1. The fourth-order valence-electron chi connectivity index (χ4n) is 3.10. The summed E-state index contributed by atoms with van der Waals surface area (Å²) in [5.41, 5.74) is 2.06. The van der Waals surface area contributed by atoms with Crippen molar-refractivity contribution in [2.75, 3.05) is 18.5 Å². The lowest BCUT2D eigenvalue weighted by atomic mass is 10.2. The second-order valence-corrected chi connectivity index (χ2v) is 7.84. The third-order valence-corrected chi connectivity index (χ3v) is 5.78. The van der Waals surface area contributed by atoms with Gasteiger partial charge in [0.05, 0.1) is 16.9 Å². The number of halogens is 1. The lowest BCUT2D eigenvalue weighted by molar-refractivity contribution is 0.0435. The predicted octanol–water partition coefficient (Wildman–Crippen LogP) is 4.42. The molecule has 4 aromatic rings. The fraction of sp³-hybridized carbons (Fsp3) is 0.125. The number of hydrogen-bond donors (Lipinski definition) is 2. The SMILES string of the molecule is O=C(Nc1cccc(OCc2csc3c(C(=O)OCCO)cncc23)c1)c1ccc(F)cc1. The van der Waals surface area contributed by atoms with Crippen LogP contribution in [-0.2, 0) is 11.3 Å². The molecule has 0 unspecified atom stereocenters. The lowest BCUT2D eigenvalue weighted by Crippen LogP contribution is -2.11. The van der Waals surface area contributed by atoms with E-state index in [4.69, 9.17) is 14.6 Å². The molecule has 0 saturated heterocycles. The summed E-state index contributed by atoms with van der Waals surface area (Å²) < 4.78 is 24.7. The molecule has 0 spiro atoms. The molecule has 0 aliphatic rings. The number of hydrogen-bond acceptors (Lipinski definition) is 7. The summed E-state index contributed by atoms with van der Waals surface area (Å²) in [4.78, 5) is 28.7. The second-order valence-electron chi connectivity index (χ2n) is 6.96. The van der Waals surface area contributed by atoms with Gasteiger partial charge in [-0.25, -0.2) is 9.18 Å². The normalized spacial score (nSPS) is 10.7. The Labute approximate surface area is 192 Å². The van der Waals surface area contributed by atoms with E-state index in [0.29, 0.717) is 22.6 Å². The van der Waals surface area contributed by atoms with E-state index in [1.54, 1.807) is 30.5 Å². The Morgan fingerprint density at radius 1 is 1.12 bits per heavy atom. The summed E-state index contributed by atoms with van der Waals surface area (Å²) in [6.45, 7) is -0.0983. The van der Waals surface area contributed by atoms with Crippen molar-refractivity contribution in [2.45, 2.75) is 6.61 Å². The Kier molecular flexibility index (Phi) is 6.92. The summed E-state index contributed by atoms with van der Waals surface area (Å²) in [5, 5.41) is 14.3. The zero-order chi connectivity index (χ0) is 23.2.